The highest BCUT2D eigenvalue weighted by atomic mass is 35.5. The summed E-state index contributed by atoms with van der Waals surface area (Å²) in [5.41, 5.74) is 12.3. The largest absolute Gasteiger partial charge is 0.336 e. The number of tetrazole rings is 1. The maximum Gasteiger partial charge on any atom is 0.180 e. The van der Waals surface area contributed by atoms with Gasteiger partial charge < -0.3 is 10.3 Å². The number of nitrogens with two attached hydrogens (primary N) is 1. The molecule has 0 unspecified atom stereocenters. The number of rotatable bonds is 4. The highest BCUT2D eigenvalue weighted by molar-refractivity contribution is 6.31. The lowest BCUT2D eigenvalue weighted by molar-refractivity contribution is 0.596. The van der Waals surface area contributed by atoms with Crippen LogP contribution in [-0.4, -0.2) is 29.6 Å². The zero-order valence-corrected chi connectivity index (χ0v) is 20.1. The smallest absolute Gasteiger partial charge is 0.180 e. The SMILES string of the molecule is Cn1cncc1[C@@](N)(c1ccc(Cl)cc1)c1ccc2c(c1)c(-c1cccc(Cl)c1)cc1nnnn12. The van der Waals surface area contributed by atoms with Crippen LogP contribution in [0, 0.1) is 0 Å². The van der Waals surface area contributed by atoms with Crippen molar-refractivity contribution in [3.05, 3.63) is 112 Å². The molecule has 6 rings (SSSR count). The Morgan fingerprint density at radius 3 is 2.43 bits per heavy atom. The number of aromatic nitrogens is 6. The molecule has 3 aromatic heterocycles. The first-order valence-corrected chi connectivity index (χ1v) is 11.6. The summed E-state index contributed by atoms with van der Waals surface area (Å²) in [6.45, 7) is 0. The average molecular weight is 500 g/mol. The Morgan fingerprint density at radius 2 is 1.69 bits per heavy atom. The Balaban J connectivity index is 1.68. The van der Waals surface area contributed by atoms with Crippen LogP contribution in [-0.2, 0) is 12.6 Å². The van der Waals surface area contributed by atoms with Gasteiger partial charge in [0.1, 0.15) is 5.54 Å². The number of imidazole rings is 1. The molecule has 35 heavy (non-hydrogen) atoms. The normalized spacial score (nSPS) is 13.4. The van der Waals surface area contributed by atoms with Crippen molar-refractivity contribution in [2.75, 3.05) is 0 Å². The summed E-state index contributed by atoms with van der Waals surface area (Å²) in [6.07, 6.45) is 3.54. The molecule has 0 amide bonds. The van der Waals surface area contributed by atoms with Crippen molar-refractivity contribution >= 4 is 39.8 Å². The van der Waals surface area contributed by atoms with Crippen LogP contribution in [0.3, 0.4) is 0 Å². The molecule has 1 atom stereocenters. The average Bonchev–Trinajstić information content (AvgIpc) is 3.52. The highest BCUT2D eigenvalue weighted by Crippen LogP contribution is 2.38. The van der Waals surface area contributed by atoms with Crippen LogP contribution in [0.25, 0.3) is 27.7 Å². The molecule has 0 aliphatic carbocycles. The van der Waals surface area contributed by atoms with Crippen molar-refractivity contribution in [3.63, 3.8) is 0 Å². The van der Waals surface area contributed by atoms with Gasteiger partial charge >= 0.3 is 0 Å². The van der Waals surface area contributed by atoms with E-state index in [-0.39, 0.29) is 0 Å². The van der Waals surface area contributed by atoms with Crippen molar-refractivity contribution in [1.82, 2.24) is 29.6 Å². The van der Waals surface area contributed by atoms with E-state index >= 15 is 0 Å². The van der Waals surface area contributed by atoms with Gasteiger partial charge in [-0.2, -0.15) is 4.52 Å². The van der Waals surface area contributed by atoms with Gasteiger partial charge in [-0.25, -0.2) is 4.98 Å². The van der Waals surface area contributed by atoms with E-state index in [1.807, 2.05) is 78.3 Å². The first kappa shape index (κ1) is 21.7. The third kappa shape index (κ3) is 3.47. The standard InChI is InChI=1S/C26H19Cl2N7/c1-34-15-30-14-24(34)26(29,17-5-8-19(27)9-6-17)18-7-10-23-22(12-18)21(13-25-31-32-33-35(23)25)16-3-2-4-20(28)11-16/h2-15H,29H2,1H3/t26-/m1/s1. The summed E-state index contributed by atoms with van der Waals surface area (Å²) in [5, 5.41) is 14.5. The van der Waals surface area contributed by atoms with E-state index in [0.29, 0.717) is 15.7 Å². The Bertz CT molecular complexity index is 1700. The summed E-state index contributed by atoms with van der Waals surface area (Å²) >= 11 is 12.5. The molecule has 3 heterocycles. The number of hydrogen-bond donors (Lipinski definition) is 1. The first-order chi connectivity index (χ1) is 16.9. The zero-order chi connectivity index (χ0) is 24.2. The van der Waals surface area contributed by atoms with Crippen LogP contribution in [0.4, 0.5) is 0 Å². The lowest BCUT2D eigenvalue weighted by Gasteiger charge is -2.31. The molecule has 0 aliphatic rings. The third-order valence-corrected chi connectivity index (χ3v) is 6.88. The fourth-order valence-corrected chi connectivity index (χ4v) is 4.97. The Morgan fingerprint density at radius 1 is 0.886 bits per heavy atom. The third-order valence-electron chi connectivity index (χ3n) is 6.39. The van der Waals surface area contributed by atoms with Crippen LogP contribution < -0.4 is 5.73 Å². The molecule has 0 saturated heterocycles. The predicted molar refractivity (Wildman–Crippen MR) is 137 cm³/mol. The van der Waals surface area contributed by atoms with E-state index in [4.69, 9.17) is 28.9 Å². The second-order valence-corrected chi connectivity index (χ2v) is 9.33. The second kappa shape index (κ2) is 8.16. The number of nitrogens with zero attached hydrogens (tertiary/aromatic N) is 6. The molecule has 0 spiro atoms. The first-order valence-electron chi connectivity index (χ1n) is 10.9. The number of fused-ring (bicyclic) bond motifs is 3. The number of benzene rings is 3. The Hall–Kier alpha value is -3.78. The summed E-state index contributed by atoms with van der Waals surface area (Å²) in [6, 6.07) is 23.4. The van der Waals surface area contributed by atoms with Crippen molar-refractivity contribution in [1.29, 1.82) is 0 Å². The van der Waals surface area contributed by atoms with E-state index in [9.17, 15) is 0 Å². The quantitative estimate of drug-likeness (QED) is 0.358. The van der Waals surface area contributed by atoms with Gasteiger partial charge in [-0.15, -0.1) is 5.10 Å². The molecular weight excluding hydrogens is 481 g/mol. The van der Waals surface area contributed by atoms with Gasteiger partial charge in [0.05, 0.1) is 23.7 Å². The summed E-state index contributed by atoms with van der Waals surface area (Å²) in [5.74, 6) is 0. The van der Waals surface area contributed by atoms with Crippen molar-refractivity contribution in [3.8, 4) is 11.1 Å². The Labute approximate surface area is 210 Å². The molecule has 6 aromatic rings. The van der Waals surface area contributed by atoms with E-state index in [0.717, 1.165) is 38.9 Å². The fraction of sp³-hybridized carbons (Fsp3) is 0.0769. The molecule has 7 nitrogen and oxygen atoms in total. The van der Waals surface area contributed by atoms with Crippen molar-refractivity contribution in [2.45, 2.75) is 5.54 Å². The van der Waals surface area contributed by atoms with Crippen LogP contribution in [0.15, 0.2) is 85.3 Å². The van der Waals surface area contributed by atoms with Crippen molar-refractivity contribution in [2.24, 2.45) is 12.8 Å². The fourth-order valence-electron chi connectivity index (χ4n) is 4.65. The van der Waals surface area contributed by atoms with Crippen LogP contribution in [0.5, 0.6) is 0 Å². The molecule has 0 saturated carbocycles. The van der Waals surface area contributed by atoms with Crippen LogP contribution in [0.1, 0.15) is 16.8 Å². The number of aryl methyl sites for hydroxylation is 1. The minimum absolute atomic E-state index is 0.642. The second-order valence-electron chi connectivity index (χ2n) is 8.45. The van der Waals surface area contributed by atoms with Gasteiger partial charge in [-0.1, -0.05) is 53.5 Å². The molecule has 0 radical (unpaired) electrons. The lowest BCUT2D eigenvalue weighted by Crippen LogP contribution is -2.40. The molecule has 9 heteroatoms. The maximum absolute atomic E-state index is 7.28. The van der Waals surface area contributed by atoms with E-state index in [2.05, 4.69) is 26.6 Å². The monoisotopic (exact) mass is 499 g/mol. The van der Waals surface area contributed by atoms with Gasteiger partial charge in [0.25, 0.3) is 0 Å². The zero-order valence-electron chi connectivity index (χ0n) is 18.6. The molecule has 2 N–H and O–H groups in total. The summed E-state index contributed by atoms with van der Waals surface area (Å²) in [4.78, 5) is 4.34. The number of pyridine rings is 1. The topological polar surface area (TPSA) is 86.9 Å². The molecular formula is C26H19Cl2N7. The van der Waals surface area contributed by atoms with E-state index < -0.39 is 5.54 Å². The van der Waals surface area contributed by atoms with Crippen LogP contribution >= 0.6 is 23.2 Å². The van der Waals surface area contributed by atoms with Crippen LogP contribution in [0.2, 0.25) is 10.0 Å². The maximum atomic E-state index is 7.28. The molecule has 0 bridgehead atoms. The Kier molecular flexibility index (Phi) is 5.07. The highest BCUT2D eigenvalue weighted by Gasteiger charge is 2.35. The van der Waals surface area contributed by atoms with Gasteiger partial charge in [-0.05, 0) is 75.1 Å². The molecule has 172 valence electrons. The van der Waals surface area contributed by atoms with E-state index in [1.165, 1.54) is 0 Å². The molecule has 0 fully saturated rings. The van der Waals surface area contributed by atoms with E-state index in [1.54, 1.807) is 17.0 Å². The minimum atomic E-state index is -0.995. The minimum Gasteiger partial charge on any atom is -0.336 e. The van der Waals surface area contributed by atoms with Crippen molar-refractivity contribution < 1.29 is 0 Å². The molecule has 0 aliphatic heterocycles. The summed E-state index contributed by atoms with van der Waals surface area (Å²) in [7, 11) is 1.93. The number of halogens is 2. The van der Waals surface area contributed by atoms with Gasteiger partial charge in [0.2, 0.25) is 0 Å². The predicted octanol–water partition coefficient (Wildman–Crippen LogP) is 5.24. The molecule has 3 aromatic carbocycles. The van der Waals surface area contributed by atoms with Gasteiger partial charge in [0.15, 0.2) is 5.65 Å². The lowest BCUT2D eigenvalue weighted by atomic mass is 9.80. The van der Waals surface area contributed by atoms with Gasteiger partial charge in [0, 0.05) is 22.5 Å². The number of hydrogen-bond acceptors (Lipinski definition) is 5. The summed E-state index contributed by atoms with van der Waals surface area (Å²) < 4.78 is 3.65. The van der Waals surface area contributed by atoms with Gasteiger partial charge in [-0.3, -0.25) is 0 Å².